The van der Waals surface area contributed by atoms with Gasteiger partial charge < -0.3 is 4.74 Å². The normalized spacial score (nSPS) is 17.3. The minimum absolute atomic E-state index is 0.533. The summed E-state index contributed by atoms with van der Waals surface area (Å²) in [5.74, 6) is -63.7. The van der Waals surface area contributed by atoms with Crippen LogP contribution in [0.1, 0.15) is 0 Å². The zero-order valence-corrected chi connectivity index (χ0v) is 18.1. The second kappa shape index (κ2) is 9.60. The highest BCUT2D eigenvalue weighted by Crippen LogP contribution is 2.64. The number of carbonyl (C=O) groups excluding carboxylic acids is 1. The van der Waals surface area contributed by atoms with Crippen LogP contribution in [0.3, 0.4) is 0 Å². The Bertz CT molecular complexity index is 1090. The molecule has 0 aromatic heterocycles. The Morgan fingerprint density at radius 3 is 1.12 bits per heavy atom. The van der Waals surface area contributed by atoms with E-state index in [0.717, 1.165) is 0 Å². The maximum Gasteiger partial charge on any atom is 0.478 e. The summed E-state index contributed by atoms with van der Waals surface area (Å²) in [6.45, 7) is 2.25. The SMILES string of the molecule is C=CC(=O)OC(F)(NS(=O)(=O)C(F)(F)C(F)(F)C(F)(F)C(F)(F)C(F)(F)C(F)(F)C(F)(F)C(F)(F)F)C(F)(F)F. The number of hydrogen-bond acceptors (Lipinski definition) is 4. The van der Waals surface area contributed by atoms with Crippen molar-refractivity contribution in [2.24, 2.45) is 0 Å². The van der Waals surface area contributed by atoms with E-state index in [1.807, 2.05) is 0 Å². The first kappa shape index (κ1) is 37.6. The Balaban J connectivity index is 7.15. The van der Waals surface area contributed by atoms with Crippen LogP contribution in [-0.2, 0) is 19.6 Å². The number of ether oxygens (including phenoxy) is 1. The summed E-state index contributed by atoms with van der Waals surface area (Å²) in [5.41, 5.74) is 0. The van der Waals surface area contributed by atoms with Gasteiger partial charge in [0.25, 0.3) is 10.0 Å². The average Bonchev–Trinajstić information content (AvgIpc) is 2.70. The van der Waals surface area contributed by atoms with Crippen molar-refractivity contribution in [2.45, 2.75) is 59.1 Å². The van der Waals surface area contributed by atoms with Crippen LogP contribution in [0.15, 0.2) is 12.7 Å². The van der Waals surface area contributed by atoms with Gasteiger partial charge in [0.05, 0.1) is 0 Å². The lowest BCUT2D eigenvalue weighted by atomic mass is 9.91. The van der Waals surface area contributed by atoms with Crippen molar-refractivity contribution in [1.29, 1.82) is 0 Å². The van der Waals surface area contributed by atoms with Gasteiger partial charge in [-0.05, 0) is 0 Å². The van der Waals surface area contributed by atoms with Crippen molar-refractivity contribution >= 4 is 16.0 Å². The molecule has 0 amide bonds. The average molecular weight is 669 g/mol. The molecular weight excluding hydrogens is 665 g/mol. The molecule has 1 unspecified atom stereocenters. The monoisotopic (exact) mass is 669 g/mol. The lowest BCUT2D eigenvalue weighted by Gasteiger charge is -2.42. The molecule has 0 rings (SSSR count). The molecule has 1 N–H and O–H groups in total. The summed E-state index contributed by atoms with van der Waals surface area (Å²) < 4.78 is 299. The van der Waals surface area contributed by atoms with E-state index >= 15 is 0 Å². The minimum Gasteiger partial charge on any atom is -0.403 e. The maximum atomic E-state index is 13.8. The van der Waals surface area contributed by atoms with Crippen molar-refractivity contribution in [3.05, 3.63) is 12.7 Å². The fourth-order valence-corrected chi connectivity index (χ4v) is 2.97. The molecular formula is C13H4F21NO4S. The summed E-state index contributed by atoms with van der Waals surface area (Å²) in [5, 5.41) is -8.55. The molecule has 0 saturated carbocycles. The number of alkyl halides is 21. The van der Waals surface area contributed by atoms with Crippen LogP contribution in [0, 0.1) is 0 Å². The van der Waals surface area contributed by atoms with Crippen molar-refractivity contribution in [1.82, 2.24) is 4.72 Å². The molecule has 0 bridgehead atoms. The van der Waals surface area contributed by atoms with Crippen LogP contribution in [0.2, 0.25) is 0 Å². The van der Waals surface area contributed by atoms with E-state index in [1.165, 1.54) is 0 Å². The van der Waals surface area contributed by atoms with Crippen molar-refractivity contribution < 1.29 is 110 Å². The quantitative estimate of drug-likeness (QED) is 0.0996. The first-order valence-electron chi connectivity index (χ1n) is 8.27. The molecule has 0 aliphatic rings. The number of sulfonamides is 1. The highest BCUT2D eigenvalue weighted by Gasteiger charge is 2.96. The maximum absolute atomic E-state index is 13.8. The molecule has 0 aliphatic carbocycles. The Hall–Kier alpha value is -2.35. The van der Waals surface area contributed by atoms with Crippen molar-refractivity contribution in [2.75, 3.05) is 0 Å². The zero-order chi connectivity index (χ0) is 33.2. The number of carbonyl (C=O) groups is 1. The first-order valence-corrected chi connectivity index (χ1v) is 9.75. The van der Waals surface area contributed by atoms with Gasteiger partial charge in [-0.2, -0.15) is 92.2 Å². The van der Waals surface area contributed by atoms with Gasteiger partial charge in [0.1, 0.15) is 0 Å². The van der Waals surface area contributed by atoms with Crippen LogP contribution in [0.4, 0.5) is 92.2 Å². The van der Waals surface area contributed by atoms with Gasteiger partial charge in [0, 0.05) is 6.08 Å². The van der Waals surface area contributed by atoms with E-state index in [0.29, 0.717) is 0 Å². The molecule has 0 saturated heterocycles. The van der Waals surface area contributed by atoms with Gasteiger partial charge in [0.2, 0.25) is 0 Å². The van der Waals surface area contributed by atoms with Crippen molar-refractivity contribution in [3.63, 3.8) is 0 Å². The molecule has 1 atom stereocenters. The van der Waals surface area contributed by atoms with Gasteiger partial charge in [-0.25, -0.2) is 13.2 Å². The fourth-order valence-electron chi connectivity index (χ4n) is 1.87. The number of hydrogen-bond donors (Lipinski definition) is 1. The topological polar surface area (TPSA) is 72.5 Å². The molecule has 0 aromatic carbocycles. The highest BCUT2D eigenvalue weighted by atomic mass is 32.2. The third kappa shape index (κ3) is 5.10. The molecule has 0 radical (unpaired) electrons. The lowest BCUT2D eigenvalue weighted by Crippen LogP contribution is -2.75. The van der Waals surface area contributed by atoms with Crippen LogP contribution < -0.4 is 4.72 Å². The predicted octanol–water partition coefficient (Wildman–Crippen LogP) is 5.79. The summed E-state index contributed by atoms with van der Waals surface area (Å²) in [7, 11) is -8.80. The van der Waals surface area contributed by atoms with Gasteiger partial charge in [-0.3, -0.25) is 0 Å². The van der Waals surface area contributed by atoms with Gasteiger partial charge >= 0.3 is 65.1 Å². The Morgan fingerprint density at radius 2 is 0.850 bits per heavy atom. The molecule has 5 nitrogen and oxygen atoms in total. The van der Waals surface area contributed by atoms with Gasteiger partial charge in [-0.1, -0.05) is 6.58 Å². The standard InChI is InChI=1S/C13H4F21NO4S/c1-2-3(36)39-13(34,11(29,30)31)35-40(37,38)12(32,33)9(24,25)7(20,21)5(16,17)4(14,15)6(18,19)8(22,23)10(26,27)28/h2,35H,1H2. The predicted molar refractivity (Wildman–Crippen MR) is 78.9 cm³/mol. The Kier molecular flexibility index (Phi) is 9.04. The van der Waals surface area contributed by atoms with E-state index in [1.54, 1.807) is 0 Å². The van der Waals surface area contributed by atoms with Gasteiger partial charge in [0.15, 0.2) is 0 Å². The van der Waals surface area contributed by atoms with Crippen LogP contribution in [0.25, 0.3) is 0 Å². The largest absolute Gasteiger partial charge is 0.478 e. The summed E-state index contributed by atoms with van der Waals surface area (Å²) in [6, 6.07) is 0. The summed E-state index contributed by atoms with van der Waals surface area (Å²) in [6.07, 6.45) is -15.8. The molecule has 238 valence electrons. The van der Waals surface area contributed by atoms with E-state index < -0.39 is 85.9 Å². The number of esters is 1. The molecule has 0 fully saturated rings. The number of rotatable bonds is 11. The Morgan fingerprint density at radius 1 is 0.550 bits per heavy atom. The number of nitrogens with one attached hydrogen (secondary N) is 1. The molecule has 0 spiro atoms. The number of halogens is 21. The first-order chi connectivity index (χ1) is 16.9. The zero-order valence-electron chi connectivity index (χ0n) is 17.3. The molecule has 0 aliphatic heterocycles. The summed E-state index contributed by atoms with van der Waals surface area (Å²) >= 11 is 0. The summed E-state index contributed by atoms with van der Waals surface area (Å²) in [4.78, 5) is 10.7. The van der Waals surface area contributed by atoms with Crippen LogP contribution in [0.5, 0.6) is 0 Å². The van der Waals surface area contributed by atoms with E-state index in [4.69, 9.17) is 0 Å². The molecule has 0 heterocycles. The van der Waals surface area contributed by atoms with Crippen LogP contribution in [-0.4, -0.2) is 73.5 Å². The van der Waals surface area contributed by atoms with E-state index in [9.17, 15) is 105 Å². The molecule has 0 aromatic rings. The molecule has 40 heavy (non-hydrogen) atoms. The molecule has 27 heteroatoms. The second-order valence-corrected chi connectivity index (χ2v) is 8.51. The minimum atomic E-state index is -9.27. The second-order valence-electron chi connectivity index (χ2n) is 6.78. The smallest absolute Gasteiger partial charge is 0.403 e. The fraction of sp³-hybridized carbons (Fsp3) is 0.769. The Labute approximate surface area is 203 Å². The van der Waals surface area contributed by atoms with E-state index in [2.05, 4.69) is 11.3 Å². The highest BCUT2D eigenvalue weighted by molar-refractivity contribution is 7.90. The third-order valence-corrected chi connectivity index (χ3v) is 5.53. The van der Waals surface area contributed by atoms with Crippen LogP contribution >= 0.6 is 0 Å². The van der Waals surface area contributed by atoms with Gasteiger partial charge in [-0.15, -0.1) is 4.72 Å². The lowest BCUT2D eigenvalue weighted by molar-refractivity contribution is -0.458. The van der Waals surface area contributed by atoms with Crippen molar-refractivity contribution in [3.8, 4) is 0 Å². The third-order valence-electron chi connectivity index (χ3n) is 4.07. The van der Waals surface area contributed by atoms with E-state index in [-0.39, 0.29) is 0 Å².